The minimum Gasteiger partial charge on any atom is -0.490 e. The number of fused-ring (bicyclic) bond motifs is 1. The topological polar surface area (TPSA) is 18.5 Å². The van der Waals surface area contributed by atoms with Crippen LogP contribution in [0.15, 0.2) is 55.1 Å². The molecule has 2 nitrogen and oxygen atoms in total. The fourth-order valence-corrected chi connectivity index (χ4v) is 2.81. The normalized spacial score (nSPS) is 16.0. The van der Waals surface area contributed by atoms with Gasteiger partial charge in [-0.3, -0.25) is 0 Å². The first kappa shape index (κ1) is 15.0. The molecule has 1 aliphatic rings. The van der Waals surface area contributed by atoms with Crippen LogP contribution in [0.3, 0.4) is 0 Å². The molecular formula is C19H19ClO2. The van der Waals surface area contributed by atoms with Gasteiger partial charge in [-0.05, 0) is 48.7 Å². The molecule has 1 atom stereocenters. The Morgan fingerprint density at radius 1 is 1.23 bits per heavy atom. The lowest BCUT2D eigenvalue weighted by Gasteiger charge is -2.10. The van der Waals surface area contributed by atoms with Crippen LogP contribution in [0, 0.1) is 0 Å². The van der Waals surface area contributed by atoms with E-state index in [1.807, 2.05) is 24.3 Å². The largest absolute Gasteiger partial charge is 0.490 e. The Morgan fingerprint density at radius 2 is 2.05 bits per heavy atom. The van der Waals surface area contributed by atoms with E-state index in [9.17, 15) is 0 Å². The maximum absolute atomic E-state index is 6.01. The molecule has 3 heteroatoms. The molecule has 0 spiro atoms. The van der Waals surface area contributed by atoms with Crippen molar-refractivity contribution in [2.45, 2.75) is 25.4 Å². The molecule has 22 heavy (non-hydrogen) atoms. The molecule has 0 radical (unpaired) electrons. The van der Waals surface area contributed by atoms with Gasteiger partial charge in [0.1, 0.15) is 24.2 Å². The van der Waals surface area contributed by atoms with Gasteiger partial charge in [-0.15, -0.1) is 0 Å². The van der Waals surface area contributed by atoms with E-state index in [0.717, 1.165) is 35.8 Å². The second kappa shape index (κ2) is 6.89. The summed E-state index contributed by atoms with van der Waals surface area (Å²) in [6.07, 6.45) is 4.92. The van der Waals surface area contributed by atoms with Gasteiger partial charge in [0, 0.05) is 17.0 Å². The van der Waals surface area contributed by atoms with Crippen molar-refractivity contribution >= 4 is 11.6 Å². The van der Waals surface area contributed by atoms with Gasteiger partial charge in [-0.1, -0.05) is 36.4 Å². The van der Waals surface area contributed by atoms with E-state index in [1.54, 1.807) is 6.08 Å². The Bertz CT molecular complexity index is 649. The van der Waals surface area contributed by atoms with E-state index in [-0.39, 0.29) is 6.10 Å². The van der Waals surface area contributed by atoms with Crippen LogP contribution in [0.25, 0.3) is 0 Å². The van der Waals surface area contributed by atoms with Crippen molar-refractivity contribution in [3.8, 4) is 11.5 Å². The summed E-state index contributed by atoms with van der Waals surface area (Å²) in [7, 11) is 0. The van der Waals surface area contributed by atoms with Crippen molar-refractivity contribution in [2.75, 3.05) is 6.61 Å². The smallest absolute Gasteiger partial charge is 0.123 e. The van der Waals surface area contributed by atoms with Crippen LogP contribution >= 0.6 is 11.6 Å². The Morgan fingerprint density at radius 3 is 2.82 bits per heavy atom. The molecule has 0 bridgehead atoms. The predicted octanol–water partition coefficient (Wildman–Crippen LogP) is 4.84. The number of halogens is 1. The van der Waals surface area contributed by atoms with Gasteiger partial charge in [0.2, 0.25) is 0 Å². The first-order valence-corrected chi connectivity index (χ1v) is 7.90. The third kappa shape index (κ3) is 3.63. The molecular weight excluding hydrogens is 296 g/mol. The summed E-state index contributed by atoms with van der Waals surface area (Å²) in [5, 5.41) is 0.778. The van der Waals surface area contributed by atoms with Gasteiger partial charge in [0.15, 0.2) is 0 Å². The fraction of sp³-hybridized carbons (Fsp3) is 0.263. The molecule has 1 unspecified atom stereocenters. The highest BCUT2D eigenvalue weighted by Gasteiger charge is 2.23. The zero-order valence-corrected chi connectivity index (χ0v) is 13.2. The molecule has 0 aliphatic carbocycles. The molecule has 0 saturated heterocycles. The molecule has 0 aromatic heterocycles. The number of aryl methyl sites for hydroxylation is 1. The van der Waals surface area contributed by atoms with Gasteiger partial charge in [0.25, 0.3) is 0 Å². The Kier molecular flexibility index (Phi) is 4.69. The van der Waals surface area contributed by atoms with Gasteiger partial charge < -0.3 is 9.47 Å². The van der Waals surface area contributed by atoms with E-state index in [0.29, 0.717) is 6.61 Å². The second-order valence-electron chi connectivity index (χ2n) is 5.48. The maximum Gasteiger partial charge on any atom is 0.123 e. The van der Waals surface area contributed by atoms with Crippen molar-refractivity contribution in [2.24, 2.45) is 0 Å². The van der Waals surface area contributed by atoms with Gasteiger partial charge in [-0.25, -0.2) is 0 Å². The van der Waals surface area contributed by atoms with E-state index >= 15 is 0 Å². The molecule has 0 fully saturated rings. The van der Waals surface area contributed by atoms with E-state index in [1.165, 1.54) is 11.1 Å². The van der Waals surface area contributed by atoms with Crippen LogP contribution < -0.4 is 9.47 Å². The van der Waals surface area contributed by atoms with Crippen LogP contribution in [-0.4, -0.2) is 12.7 Å². The van der Waals surface area contributed by atoms with Crippen LogP contribution in [-0.2, 0) is 12.8 Å². The average molecular weight is 315 g/mol. The van der Waals surface area contributed by atoms with Crippen LogP contribution in [0.4, 0.5) is 0 Å². The Labute approximate surface area is 136 Å². The number of benzene rings is 2. The highest BCUT2D eigenvalue weighted by atomic mass is 35.5. The van der Waals surface area contributed by atoms with Crippen molar-refractivity contribution < 1.29 is 9.47 Å². The summed E-state index contributed by atoms with van der Waals surface area (Å²) in [4.78, 5) is 0. The van der Waals surface area contributed by atoms with Gasteiger partial charge in [0.05, 0.1) is 0 Å². The molecule has 0 N–H and O–H groups in total. The predicted molar refractivity (Wildman–Crippen MR) is 90.0 cm³/mol. The molecule has 1 aliphatic heterocycles. The zero-order chi connectivity index (χ0) is 15.4. The summed E-state index contributed by atoms with van der Waals surface area (Å²) >= 11 is 5.91. The first-order chi connectivity index (χ1) is 10.7. The van der Waals surface area contributed by atoms with Crippen molar-refractivity contribution in [1.29, 1.82) is 0 Å². The summed E-state index contributed by atoms with van der Waals surface area (Å²) < 4.78 is 11.6. The third-order valence-corrected chi connectivity index (χ3v) is 4.06. The maximum atomic E-state index is 6.01. The number of ether oxygens (including phenoxy) is 2. The zero-order valence-electron chi connectivity index (χ0n) is 12.4. The quantitative estimate of drug-likeness (QED) is 0.710. The van der Waals surface area contributed by atoms with Crippen LogP contribution in [0.2, 0.25) is 5.02 Å². The minimum atomic E-state index is 0.236. The molecule has 3 rings (SSSR count). The summed E-state index contributed by atoms with van der Waals surface area (Å²) in [5.41, 5.74) is 2.52. The van der Waals surface area contributed by atoms with Gasteiger partial charge >= 0.3 is 0 Å². The Hall–Kier alpha value is -1.93. The SMILES string of the molecule is C=CCOc1ccc2c(c1)CC(CCc1ccc(Cl)cc1)O2. The Balaban J connectivity index is 1.57. The lowest BCUT2D eigenvalue weighted by molar-refractivity contribution is 0.222. The summed E-state index contributed by atoms with van der Waals surface area (Å²) in [6, 6.07) is 14.0. The minimum absolute atomic E-state index is 0.236. The highest BCUT2D eigenvalue weighted by Crippen LogP contribution is 2.33. The van der Waals surface area contributed by atoms with Crippen molar-refractivity contribution in [3.63, 3.8) is 0 Å². The first-order valence-electron chi connectivity index (χ1n) is 7.52. The molecule has 2 aromatic rings. The highest BCUT2D eigenvalue weighted by molar-refractivity contribution is 6.30. The standard InChI is InChI=1S/C19H19ClO2/c1-2-11-21-17-9-10-19-15(12-17)13-18(22-19)8-5-14-3-6-16(20)7-4-14/h2-4,6-7,9-10,12,18H,1,5,8,11,13H2. The number of rotatable bonds is 6. The second-order valence-corrected chi connectivity index (χ2v) is 5.91. The summed E-state index contributed by atoms with van der Waals surface area (Å²) in [6.45, 7) is 4.19. The molecule has 0 amide bonds. The fourth-order valence-electron chi connectivity index (χ4n) is 2.68. The summed E-state index contributed by atoms with van der Waals surface area (Å²) in [5.74, 6) is 1.85. The van der Waals surface area contributed by atoms with Crippen molar-refractivity contribution in [1.82, 2.24) is 0 Å². The van der Waals surface area contributed by atoms with Gasteiger partial charge in [-0.2, -0.15) is 0 Å². The average Bonchev–Trinajstić information content (AvgIpc) is 2.94. The van der Waals surface area contributed by atoms with E-state index < -0.39 is 0 Å². The van der Waals surface area contributed by atoms with Crippen LogP contribution in [0.1, 0.15) is 17.5 Å². The van der Waals surface area contributed by atoms with E-state index in [2.05, 4.69) is 24.8 Å². The molecule has 1 heterocycles. The molecule has 2 aromatic carbocycles. The number of hydrogen-bond acceptors (Lipinski definition) is 2. The van der Waals surface area contributed by atoms with E-state index in [4.69, 9.17) is 21.1 Å². The van der Waals surface area contributed by atoms with Crippen molar-refractivity contribution in [3.05, 3.63) is 71.3 Å². The van der Waals surface area contributed by atoms with Crippen LogP contribution in [0.5, 0.6) is 11.5 Å². The molecule has 0 saturated carbocycles. The third-order valence-electron chi connectivity index (χ3n) is 3.81. The monoisotopic (exact) mass is 314 g/mol. The molecule has 114 valence electrons. The lowest BCUT2D eigenvalue weighted by atomic mass is 10.0. The number of hydrogen-bond donors (Lipinski definition) is 0. The lowest BCUT2D eigenvalue weighted by Crippen LogP contribution is -2.13.